The van der Waals surface area contributed by atoms with Gasteiger partial charge in [0.25, 0.3) is 0 Å². The zero-order valence-corrected chi connectivity index (χ0v) is 6.01. The third kappa shape index (κ3) is 2.23. The largest absolute Gasteiger partial charge is 0.370 e. The van der Waals surface area contributed by atoms with Crippen molar-refractivity contribution in [3.8, 4) is 0 Å². The van der Waals surface area contributed by atoms with Crippen molar-refractivity contribution in [2.45, 2.75) is 18.9 Å². The normalized spacial score (nSPS) is 25.8. The highest BCUT2D eigenvalue weighted by atomic mass is 15.0. The lowest BCUT2D eigenvalue weighted by atomic mass is 10.1. The molecule has 0 bridgehead atoms. The van der Waals surface area contributed by atoms with Gasteiger partial charge in [0.1, 0.15) is 0 Å². The molecule has 0 aromatic heterocycles. The molecule has 0 amide bonds. The van der Waals surface area contributed by atoms with Gasteiger partial charge >= 0.3 is 0 Å². The molecule has 1 unspecified atom stereocenters. The minimum atomic E-state index is 0.203. The average molecular weight is 142 g/mol. The molecule has 4 nitrogen and oxygen atoms in total. The summed E-state index contributed by atoms with van der Waals surface area (Å²) in [5.74, 6) is 0.203. The van der Waals surface area contributed by atoms with Gasteiger partial charge in [-0.1, -0.05) is 0 Å². The molecule has 5 N–H and O–H groups in total. The maximum Gasteiger partial charge on any atom is 0.186 e. The maximum atomic E-state index is 5.22. The predicted octanol–water partition coefficient (Wildman–Crippen LogP) is -0.988. The Balaban J connectivity index is 2.33. The van der Waals surface area contributed by atoms with Gasteiger partial charge in [0.2, 0.25) is 0 Å². The van der Waals surface area contributed by atoms with Gasteiger partial charge in [0.15, 0.2) is 5.96 Å². The number of guanidine groups is 1. The molecule has 58 valence electrons. The Morgan fingerprint density at radius 1 is 1.50 bits per heavy atom. The number of nitrogens with zero attached hydrogens (tertiary/aromatic N) is 1. The summed E-state index contributed by atoms with van der Waals surface area (Å²) in [6.07, 6.45) is 2.27. The van der Waals surface area contributed by atoms with Crippen LogP contribution in [0.5, 0.6) is 0 Å². The first-order chi connectivity index (χ1) is 4.79. The van der Waals surface area contributed by atoms with E-state index in [0.717, 1.165) is 19.5 Å². The molecule has 1 aliphatic heterocycles. The second-order valence-electron chi connectivity index (χ2n) is 2.55. The van der Waals surface area contributed by atoms with Crippen LogP contribution in [0.2, 0.25) is 0 Å². The lowest BCUT2D eigenvalue weighted by Crippen LogP contribution is -2.35. The molecule has 4 heteroatoms. The first kappa shape index (κ1) is 7.34. The van der Waals surface area contributed by atoms with Crippen LogP contribution in [0.1, 0.15) is 12.8 Å². The molecule has 1 rings (SSSR count). The van der Waals surface area contributed by atoms with Gasteiger partial charge in [-0.25, -0.2) is 4.99 Å². The SMILES string of the molecule is NC(N)=NC1CCCNC1. The number of hydrogen-bond acceptors (Lipinski definition) is 2. The van der Waals surface area contributed by atoms with E-state index in [1.807, 2.05) is 0 Å². The molecule has 10 heavy (non-hydrogen) atoms. The standard InChI is InChI=1S/C6H14N4/c7-6(8)10-5-2-1-3-9-4-5/h5,9H,1-4H2,(H4,7,8,10). The van der Waals surface area contributed by atoms with E-state index in [-0.39, 0.29) is 5.96 Å². The molecule has 1 aliphatic rings. The Morgan fingerprint density at radius 3 is 2.80 bits per heavy atom. The molecule has 1 heterocycles. The van der Waals surface area contributed by atoms with Gasteiger partial charge in [0.05, 0.1) is 6.04 Å². The van der Waals surface area contributed by atoms with Gasteiger partial charge in [-0.15, -0.1) is 0 Å². The highest BCUT2D eigenvalue weighted by Gasteiger charge is 2.10. The van der Waals surface area contributed by atoms with Crippen molar-refractivity contribution >= 4 is 5.96 Å². The molecular formula is C6H14N4. The lowest BCUT2D eigenvalue weighted by molar-refractivity contribution is 0.460. The van der Waals surface area contributed by atoms with Crippen LogP contribution in [0.25, 0.3) is 0 Å². The Morgan fingerprint density at radius 2 is 2.30 bits per heavy atom. The van der Waals surface area contributed by atoms with Gasteiger partial charge in [-0.3, -0.25) is 0 Å². The number of nitrogens with two attached hydrogens (primary N) is 2. The molecule has 1 saturated heterocycles. The summed E-state index contributed by atoms with van der Waals surface area (Å²) in [6.45, 7) is 2.01. The molecule has 1 fully saturated rings. The Hall–Kier alpha value is -0.770. The monoisotopic (exact) mass is 142 g/mol. The summed E-state index contributed by atoms with van der Waals surface area (Å²) in [5.41, 5.74) is 10.4. The van der Waals surface area contributed by atoms with Crippen molar-refractivity contribution in [2.75, 3.05) is 13.1 Å². The number of nitrogens with one attached hydrogen (secondary N) is 1. The highest BCUT2D eigenvalue weighted by molar-refractivity contribution is 5.75. The molecule has 0 saturated carbocycles. The number of aliphatic imine (C=N–C) groups is 1. The summed E-state index contributed by atoms with van der Waals surface area (Å²) in [4.78, 5) is 4.05. The van der Waals surface area contributed by atoms with Crippen molar-refractivity contribution in [1.29, 1.82) is 0 Å². The van der Waals surface area contributed by atoms with Gasteiger partial charge in [-0.05, 0) is 19.4 Å². The molecule has 0 aromatic carbocycles. The van der Waals surface area contributed by atoms with Crippen LogP contribution in [0, 0.1) is 0 Å². The Kier molecular flexibility index (Phi) is 2.50. The molecule has 0 aliphatic carbocycles. The third-order valence-corrected chi connectivity index (χ3v) is 1.60. The lowest BCUT2D eigenvalue weighted by Gasteiger charge is -2.18. The second kappa shape index (κ2) is 3.41. The summed E-state index contributed by atoms with van der Waals surface area (Å²) < 4.78 is 0. The quantitative estimate of drug-likeness (QED) is 0.325. The fourth-order valence-electron chi connectivity index (χ4n) is 1.15. The molecule has 0 aromatic rings. The molecule has 1 atom stereocenters. The van der Waals surface area contributed by atoms with Gasteiger partial charge in [-0.2, -0.15) is 0 Å². The Bertz CT molecular complexity index is 122. The minimum absolute atomic E-state index is 0.203. The minimum Gasteiger partial charge on any atom is -0.370 e. The van der Waals surface area contributed by atoms with Crippen molar-refractivity contribution in [2.24, 2.45) is 16.5 Å². The topological polar surface area (TPSA) is 76.4 Å². The third-order valence-electron chi connectivity index (χ3n) is 1.60. The van der Waals surface area contributed by atoms with Crippen LogP contribution in [0.4, 0.5) is 0 Å². The summed E-state index contributed by atoms with van der Waals surface area (Å²) >= 11 is 0. The fraction of sp³-hybridized carbons (Fsp3) is 0.833. The van der Waals surface area contributed by atoms with Crippen molar-refractivity contribution in [3.63, 3.8) is 0 Å². The summed E-state index contributed by atoms with van der Waals surface area (Å²) in [6, 6.07) is 0.304. The predicted molar refractivity (Wildman–Crippen MR) is 41.7 cm³/mol. The van der Waals surface area contributed by atoms with Crippen LogP contribution >= 0.6 is 0 Å². The molecule has 0 spiro atoms. The summed E-state index contributed by atoms with van der Waals surface area (Å²) in [5, 5.41) is 3.22. The van der Waals surface area contributed by atoms with E-state index >= 15 is 0 Å². The van der Waals surface area contributed by atoms with E-state index in [4.69, 9.17) is 11.5 Å². The average Bonchev–Trinajstić information content (AvgIpc) is 1.88. The zero-order chi connectivity index (χ0) is 7.40. The van der Waals surface area contributed by atoms with Crippen molar-refractivity contribution < 1.29 is 0 Å². The maximum absolute atomic E-state index is 5.22. The number of piperidine rings is 1. The fourth-order valence-corrected chi connectivity index (χ4v) is 1.15. The van der Waals surface area contributed by atoms with E-state index in [1.165, 1.54) is 6.42 Å². The van der Waals surface area contributed by atoms with Crippen LogP contribution in [-0.2, 0) is 0 Å². The zero-order valence-electron chi connectivity index (χ0n) is 6.01. The van der Waals surface area contributed by atoms with E-state index in [9.17, 15) is 0 Å². The number of hydrogen-bond donors (Lipinski definition) is 3. The van der Waals surface area contributed by atoms with Crippen molar-refractivity contribution in [1.82, 2.24) is 5.32 Å². The van der Waals surface area contributed by atoms with Gasteiger partial charge in [0, 0.05) is 6.54 Å². The van der Waals surface area contributed by atoms with E-state index in [1.54, 1.807) is 0 Å². The van der Waals surface area contributed by atoms with E-state index < -0.39 is 0 Å². The van der Waals surface area contributed by atoms with Crippen molar-refractivity contribution in [3.05, 3.63) is 0 Å². The Labute approximate surface area is 60.7 Å². The molecular weight excluding hydrogens is 128 g/mol. The van der Waals surface area contributed by atoms with Crippen LogP contribution in [-0.4, -0.2) is 25.1 Å². The summed E-state index contributed by atoms with van der Waals surface area (Å²) in [7, 11) is 0. The van der Waals surface area contributed by atoms with E-state index in [0.29, 0.717) is 6.04 Å². The van der Waals surface area contributed by atoms with Crippen LogP contribution < -0.4 is 16.8 Å². The second-order valence-corrected chi connectivity index (χ2v) is 2.55. The first-order valence-corrected chi connectivity index (χ1v) is 3.58. The van der Waals surface area contributed by atoms with E-state index in [2.05, 4.69) is 10.3 Å². The van der Waals surface area contributed by atoms with Crippen LogP contribution in [0.3, 0.4) is 0 Å². The first-order valence-electron chi connectivity index (χ1n) is 3.58. The molecule has 0 radical (unpaired) electrons. The number of rotatable bonds is 1. The van der Waals surface area contributed by atoms with Crippen LogP contribution in [0.15, 0.2) is 4.99 Å². The highest BCUT2D eigenvalue weighted by Crippen LogP contribution is 2.04. The van der Waals surface area contributed by atoms with Gasteiger partial charge < -0.3 is 16.8 Å². The smallest absolute Gasteiger partial charge is 0.186 e.